The largest absolute Gasteiger partial charge is 0.483 e. The Balaban J connectivity index is 1.63. The monoisotopic (exact) mass is 470 g/mol. The Morgan fingerprint density at radius 3 is 2.50 bits per heavy atom. The number of hydrogen-bond donors (Lipinski definition) is 0. The molecule has 1 aliphatic carbocycles. The SMILES string of the molecule is Cc1nc(N2C(=O)C3=C(C(=O)C4CC(Cl)CCC4O3)C2c2ccc(C(C)C)cc2)sc1C. The van der Waals surface area contributed by atoms with Crippen LogP contribution in [-0.2, 0) is 14.3 Å². The molecule has 0 N–H and O–H groups in total. The van der Waals surface area contributed by atoms with Crippen molar-refractivity contribution in [1.29, 1.82) is 0 Å². The zero-order valence-corrected chi connectivity index (χ0v) is 20.3. The molecule has 0 radical (unpaired) electrons. The second kappa shape index (κ2) is 7.99. The zero-order valence-electron chi connectivity index (χ0n) is 18.7. The van der Waals surface area contributed by atoms with Gasteiger partial charge in [0.15, 0.2) is 16.7 Å². The first-order valence-corrected chi connectivity index (χ1v) is 12.5. The van der Waals surface area contributed by atoms with E-state index in [0.29, 0.717) is 29.5 Å². The Morgan fingerprint density at radius 2 is 1.88 bits per heavy atom. The second-order valence-electron chi connectivity index (χ2n) is 9.32. The second-order valence-corrected chi connectivity index (χ2v) is 11.1. The number of aryl methyl sites for hydroxylation is 2. The van der Waals surface area contributed by atoms with Gasteiger partial charge in [-0.15, -0.1) is 22.9 Å². The van der Waals surface area contributed by atoms with Crippen LogP contribution in [0.2, 0.25) is 0 Å². The molecule has 32 heavy (non-hydrogen) atoms. The van der Waals surface area contributed by atoms with Crippen LogP contribution in [0.3, 0.4) is 0 Å². The number of benzene rings is 1. The van der Waals surface area contributed by atoms with Gasteiger partial charge in [0.1, 0.15) is 6.10 Å². The van der Waals surface area contributed by atoms with Crippen LogP contribution in [-0.4, -0.2) is 28.2 Å². The third-order valence-corrected chi connectivity index (χ3v) is 8.39. The van der Waals surface area contributed by atoms with Crippen molar-refractivity contribution in [3.05, 3.63) is 57.3 Å². The number of fused-ring (bicyclic) bond motifs is 1. The van der Waals surface area contributed by atoms with Crippen molar-refractivity contribution in [3.8, 4) is 0 Å². The van der Waals surface area contributed by atoms with Gasteiger partial charge >= 0.3 is 0 Å². The van der Waals surface area contributed by atoms with E-state index in [1.165, 1.54) is 16.9 Å². The van der Waals surface area contributed by atoms with E-state index in [1.54, 1.807) is 4.90 Å². The average molecular weight is 471 g/mol. The van der Waals surface area contributed by atoms with Gasteiger partial charge in [-0.2, -0.15) is 0 Å². The van der Waals surface area contributed by atoms with Gasteiger partial charge in [0, 0.05) is 10.3 Å². The van der Waals surface area contributed by atoms with E-state index in [4.69, 9.17) is 16.3 Å². The number of rotatable bonds is 3. The number of anilines is 1. The van der Waals surface area contributed by atoms with Crippen molar-refractivity contribution in [3.63, 3.8) is 0 Å². The molecule has 1 amide bonds. The van der Waals surface area contributed by atoms with E-state index < -0.39 is 6.04 Å². The molecule has 0 bridgehead atoms. The number of hydrogen-bond acceptors (Lipinski definition) is 5. The molecule has 168 valence electrons. The number of carbonyl (C=O) groups is 2. The number of thiazole rings is 1. The van der Waals surface area contributed by atoms with Gasteiger partial charge in [0.05, 0.1) is 23.2 Å². The fourth-order valence-corrected chi connectivity index (χ4v) is 6.20. The first-order valence-electron chi connectivity index (χ1n) is 11.2. The van der Waals surface area contributed by atoms with Crippen molar-refractivity contribution in [2.45, 2.75) is 70.4 Å². The number of alkyl halides is 1. The van der Waals surface area contributed by atoms with Gasteiger partial charge in [0.2, 0.25) is 0 Å². The van der Waals surface area contributed by atoms with Gasteiger partial charge in [-0.3, -0.25) is 14.5 Å². The summed E-state index contributed by atoms with van der Waals surface area (Å²) in [5.41, 5.74) is 3.46. The third kappa shape index (κ3) is 3.39. The topological polar surface area (TPSA) is 59.5 Å². The molecule has 0 saturated heterocycles. The van der Waals surface area contributed by atoms with Crippen LogP contribution in [0.4, 0.5) is 5.13 Å². The van der Waals surface area contributed by atoms with E-state index >= 15 is 0 Å². The molecule has 7 heteroatoms. The summed E-state index contributed by atoms with van der Waals surface area (Å²) in [5, 5.41) is 0.569. The summed E-state index contributed by atoms with van der Waals surface area (Å²) in [6.45, 7) is 8.22. The Kier molecular flexibility index (Phi) is 5.41. The Hall–Kier alpha value is -2.18. The van der Waals surface area contributed by atoms with Crippen LogP contribution in [0.1, 0.15) is 66.8 Å². The highest BCUT2D eigenvalue weighted by atomic mass is 35.5. The summed E-state index contributed by atoms with van der Waals surface area (Å²) >= 11 is 7.88. The molecular formula is C25H27ClN2O3S. The molecule has 4 atom stereocenters. The standard InChI is InChI=1S/C25H27ClN2O3S/c1-12(2)15-5-7-16(8-6-15)21-20-22(29)18-11-17(26)9-10-19(18)31-23(20)24(30)28(21)25-27-13(3)14(4)32-25/h5-8,12,17-19,21H,9-11H2,1-4H3. The smallest absolute Gasteiger partial charge is 0.296 e. The predicted octanol–water partition coefficient (Wildman–Crippen LogP) is 5.60. The highest BCUT2D eigenvalue weighted by Crippen LogP contribution is 2.49. The number of amides is 1. The summed E-state index contributed by atoms with van der Waals surface area (Å²) < 4.78 is 6.23. The minimum Gasteiger partial charge on any atom is -0.483 e. The fourth-order valence-electron chi connectivity index (χ4n) is 4.95. The molecule has 1 aromatic heterocycles. The first-order chi connectivity index (χ1) is 15.3. The lowest BCUT2D eigenvalue weighted by Gasteiger charge is -2.37. The van der Waals surface area contributed by atoms with E-state index in [2.05, 4.69) is 31.0 Å². The molecule has 1 aromatic carbocycles. The van der Waals surface area contributed by atoms with Crippen molar-refractivity contribution in [2.24, 2.45) is 5.92 Å². The normalized spacial score (nSPS) is 27.6. The predicted molar refractivity (Wildman–Crippen MR) is 126 cm³/mol. The van der Waals surface area contributed by atoms with Gasteiger partial charge in [-0.05, 0) is 50.2 Å². The van der Waals surface area contributed by atoms with Gasteiger partial charge in [-0.25, -0.2) is 4.98 Å². The molecule has 2 aliphatic heterocycles. The minimum absolute atomic E-state index is 0.000358. The van der Waals surface area contributed by atoms with Crippen LogP contribution >= 0.6 is 22.9 Å². The number of halogens is 1. The van der Waals surface area contributed by atoms with Crippen LogP contribution in [0.25, 0.3) is 0 Å². The van der Waals surface area contributed by atoms with Crippen LogP contribution in [0.15, 0.2) is 35.6 Å². The molecule has 5 nitrogen and oxygen atoms in total. The maximum absolute atomic E-state index is 13.7. The zero-order chi connectivity index (χ0) is 22.7. The molecule has 1 fully saturated rings. The minimum atomic E-state index is -0.534. The first kappa shape index (κ1) is 21.7. The lowest BCUT2D eigenvalue weighted by molar-refractivity contribution is -0.131. The highest BCUT2D eigenvalue weighted by molar-refractivity contribution is 7.15. The third-order valence-electron chi connectivity index (χ3n) is 6.93. The number of aromatic nitrogens is 1. The van der Waals surface area contributed by atoms with Crippen molar-refractivity contribution < 1.29 is 14.3 Å². The Morgan fingerprint density at radius 1 is 1.16 bits per heavy atom. The van der Waals surface area contributed by atoms with Crippen molar-refractivity contribution in [1.82, 2.24) is 4.98 Å². The summed E-state index contributed by atoms with van der Waals surface area (Å²) in [5.74, 6) is 0.0298. The summed E-state index contributed by atoms with van der Waals surface area (Å²) in [4.78, 5) is 34.8. The number of ketones is 1. The van der Waals surface area contributed by atoms with Gasteiger partial charge in [0.25, 0.3) is 5.91 Å². The van der Waals surface area contributed by atoms with E-state index in [9.17, 15) is 9.59 Å². The molecule has 3 heterocycles. The molecule has 2 aromatic rings. The highest BCUT2D eigenvalue weighted by Gasteiger charge is 2.53. The summed E-state index contributed by atoms with van der Waals surface area (Å²) in [7, 11) is 0. The van der Waals surface area contributed by atoms with E-state index in [-0.39, 0.29) is 34.8 Å². The molecule has 3 aliphatic rings. The lowest BCUT2D eigenvalue weighted by atomic mass is 9.77. The van der Waals surface area contributed by atoms with Crippen molar-refractivity contribution >= 4 is 39.8 Å². The average Bonchev–Trinajstić information content (AvgIpc) is 3.25. The number of nitrogens with zero attached hydrogens (tertiary/aromatic N) is 2. The van der Waals surface area contributed by atoms with Crippen LogP contribution in [0, 0.1) is 19.8 Å². The summed E-state index contributed by atoms with van der Waals surface area (Å²) in [6.07, 6.45) is 1.80. The van der Waals surface area contributed by atoms with Gasteiger partial charge in [-0.1, -0.05) is 38.1 Å². The van der Waals surface area contributed by atoms with E-state index in [0.717, 1.165) is 22.6 Å². The fraction of sp³-hybridized carbons (Fsp3) is 0.480. The molecule has 5 rings (SSSR count). The maximum atomic E-state index is 13.7. The molecule has 4 unspecified atom stereocenters. The quantitative estimate of drug-likeness (QED) is 0.548. The molecule has 0 spiro atoms. The van der Waals surface area contributed by atoms with E-state index in [1.807, 2.05) is 26.0 Å². The number of carbonyl (C=O) groups excluding carboxylic acids is 2. The number of ether oxygens (including phenoxy) is 1. The maximum Gasteiger partial charge on any atom is 0.296 e. The number of Topliss-reactive ketones (excluding diaryl/α,β-unsaturated/α-hetero) is 1. The van der Waals surface area contributed by atoms with Crippen LogP contribution in [0.5, 0.6) is 0 Å². The van der Waals surface area contributed by atoms with Gasteiger partial charge < -0.3 is 4.74 Å². The molecular weight excluding hydrogens is 444 g/mol. The lowest BCUT2D eigenvalue weighted by Crippen LogP contribution is -2.41. The Labute approximate surface area is 197 Å². The Bertz CT molecular complexity index is 1100. The van der Waals surface area contributed by atoms with Crippen LogP contribution < -0.4 is 4.90 Å². The molecule has 1 saturated carbocycles. The summed E-state index contributed by atoms with van der Waals surface area (Å²) in [6, 6.07) is 7.66. The van der Waals surface area contributed by atoms with Crippen molar-refractivity contribution in [2.75, 3.05) is 4.90 Å².